The van der Waals surface area contributed by atoms with Crippen molar-refractivity contribution in [2.45, 2.75) is 69.7 Å². The van der Waals surface area contributed by atoms with Gasteiger partial charge in [-0.2, -0.15) is 0 Å². The van der Waals surface area contributed by atoms with Gasteiger partial charge in [-0.25, -0.2) is 0 Å². The average Bonchev–Trinajstić information content (AvgIpc) is 3.29. The number of nitrogens with one attached hydrogen (secondary N) is 1. The highest BCUT2D eigenvalue weighted by Crippen LogP contribution is 2.31. The lowest BCUT2D eigenvalue weighted by molar-refractivity contribution is 0.0314. The molecule has 2 fully saturated rings. The van der Waals surface area contributed by atoms with E-state index < -0.39 is 0 Å². The van der Waals surface area contributed by atoms with Gasteiger partial charge < -0.3 is 15.2 Å². The molecule has 3 nitrogen and oxygen atoms in total. The number of aliphatic hydroxyl groups is 1. The molecule has 2 N–H and O–H groups in total. The monoisotopic (exact) mass is 309 g/mol. The van der Waals surface area contributed by atoms with Gasteiger partial charge in [0.25, 0.3) is 0 Å². The predicted octanol–water partition coefficient (Wildman–Crippen LogP) is 3.66. The van der Waals surface area contributed by atoms with Crippen LogP contribution in [0.15, 0.2) is 18.2 Å². The van der Waals surface area contributed by atoms with E-state index in [-0.39, 0.29) is 12.2 Å². The summed E-state index contributed by atoms with van der Waals surface area (Å²) in [5, 5.41) is 14.5. The van der Waals surface area contributed by atoms with Gasteiger partial charge in [-0.05, 0) is 44.2 Å². The van der Waals surface area contributed by atoms with Crippen LogP contribution in [0.3, 0.4) is 0 Å². The first-order valence-corrected chi connectivity index (χ1v) is 8.47. The molecule has 0 bridgehead atoms. The SMILES string of the molecule is OC1CCCCCC1Oc1cccc(Cl)c1CNC1CC1. The Kier molecular flexibility index (Phi) is 5.04. The summed E-state index contributed by atoms with van der Waals surface area (Å²) in [7, 11) is 0. The highest BCUT2D eigenvalue weighted by molar-refractivity contribution is 6.31. The summed E-state index contributed by atoms with van der Waals surface area (Å²) in [6.45, 7) is 0.739. The first kappa shape index (κ1) is 15.1. The maximum absolute atomic E-state index is 10.2. The van der Waals surface area contributed by atoms with Crippen LogP contribution < -0.4 is 10.1 Å². The number of ether oxygens (including phenoxy) is 1. The normalized spacial score (nSPS) is 26.4. The summed E-state index contributed by atoms with van der Waals surface area (Å²) >= 11 is 6.34. The zero-order valence-corrected chi connectivity index (χ0v) is 13.1. The van der Waals surface area contributed by atoms with Gasteiger partial charge in [-0.1, -0.05) is 30.5 Å². The lowest BCUT2D eigenvalue weighted by Crippen LogP contribution is -2.31. The van der Waals surface area contributed by atoms with Crippen molar-refractivity contribution in [1.82, 2.24) is 5.32 Å². The molecule has 0 aromatic heterocycles. The van der Waals surface area contributed by atoms with Gasteiger partial charge in [0.05, 0.1) is 6.10 Å². The maximum Gasteiger partial charge on any atom is 0.125 e. The zero-order chi connectivity index (χ0) is 14.7. The van der Waals surface area contributed by atoms with Crippen molar-refractivity contribution in [2.75, 3.05) is 0 Å². The van der Waals surface area contributed by atoms with Crippen LogP contribution in [0.4, 0.5) is 0 Å². The molecule has 2 aliphatic carbocycles. The molecule has 1 aromatic rings. The molecule has 3 rings (SSSR count). The van der Waals surface area contributed by atoms with E-state index in [9.17, 15) is 5.11 Å². The van der Waals surface area contributed by atoms with E-state index >= 15 is 0 Å². The molecule has 0 amide bonds. The lowest BCUT2D eigenvalue weighted by atomic mass is 10.1. The first-order chi connectivity index (χ1) is 10.2. The molecular weight excluding hydrogens is 286 g/mol. The molecule has 21 heavy (non-hydrogen) atoms. The molecule has 0 saturated heterocycles. The molecule has 2 unspecified atom stereocenters. The number of aliphatic hydroxyl groups excluding tert-OH is 1. The van der Waals surface area contributed by atoms with Gasteiger partial charge in [0.15, 0.2) is 0 Å². The van der Waals surface area contributed by atoms with Gasteiger partial charge in [-0.3, -0.25) is 0 Å². The summed E-state index contributed by atoms with van der Waals surface area (Å²) in [5.41, 5.74) is 1.02. The Balaban J connectivity index is 1.71. The Labute approximate surface area is 131 Å². The Morgan fingerprint density at radius 1 is 1.14 bits per heavy atom. The summed E-state index contributed by atoms with van der Waals surface area (Å²) in [6, 6.07) is 6.42. The Morgan fingerprint density at radius 2 is 1.95 bits per heavy atom. The highest BCUT2D eigenvalue weighted by Gasteiger charge is 2.25. The Bertz CT molecular complexity index is 476. The fourth-order valence-corrected chi connectivity index (χ4v) is 3.14. The minimum Gasteiger partial charge on any atom is -0.487 e. The molecule has 4 heteroatoms. The second kappa shape index (κ2) is 6.99. The zero-order valence-electron chi connectivity index (χ0n) is 12.4. The summed E-state index contributed by atoms with van der Waals surface area (Å²) in [5.74, 6) is 0.821. The van der Waals surface area contributed by atoms with Crippen LogP contribution in [0.1, 0.15) is 50.5 Å². The van der Waals surface area contributed by atoms with E-state index in [1.807, 2.05) is 18.2 Å². The van der Waals surface area contributed by atoms with Crippen LogP contribution in [0.2, 0.25) is 5.02 Å². The van der Waals surface area contributed by atoms with Crippen molar-refractivity contribution < 1.29 is 9.84 Å². The van der Waals surface area contributed by atoms with Crippen LogP contribution in [-0.4, -0.2) is 23.4 Å². The van der Waals surface area contributed by atoms with Crippen LogP contribution in [-0.2, 0) is 6.54 Å². The minimum absolute atomic E-state index is 0.106. The van der Waals surface area contributed by atoms with E-state index in [1.165, 1.54) is 19.3 Å². The fraction of sp³-hybridized carbons (Fsp3) is 0.647. The van der Waals surface area contributed by atoms with Crippen LogP contribution >= 0.6 is 11.6 Å². The molecule has 0 heterocycles. The summed E-state index contributed by atoms with van der Waals surface area (Å²) in [4.78, 5) is 0. The van der Waals surface area contributed by atoms with Crippen LogP contribution in [0.25, 0.3) is 0 Å². The first-order valence-electron chi connectivity index (χ1n) is 8.09. The van der Waals surface area contributed by atoms with Gasteiger partial charge in [0.1, 0.15) is 11.9 Å². The van der Waals surface area contributed by atoms with E-state index in [2.05, 4.69) is 5.32 Å². The molecule has 2 aliphatic rings. The van der Waals surface area contributed by atoms with Crippen molar-refractivity contribution in [1.29, 1.82) is 0 Å². The third-order valence-electron chi connectivity index (χ3n) is 4.42. The third-order valence-corrected chi connectivity index (χ3v) is 4.77. The minimum atomic E-state index is -0.365. The average molecular weight is 310 g/mol. The topological polar surface area (TPSA) is 41.5 Å². The highest BCUT2D eigenvalue weighted by atomic mass is 35.5. The van der Waals surface area contributed by atoms with Gasteiger partial charge in [0.2, 0.25) is 0 Å². The molecule has 2 saturated carbocycles. The van der Waals surface area contributed by atoms with E-state index in [0.717, 1.165) is 48.6 Å². The number of halogens is 1. The standard InChI is InChI=1S/C17H24ClNO2/c18-14-5-4-8-16(13(14)11-19-12-9-10-12)21-17-7-3-1-2-6-15(17)20/h4-5,8,12,15,17,19-20H,1-3,6-7,9-11H2. The molecule has 0 radical (unpaired) electrons. The van der Waals surface area contributed by atoms with E-state index in [0.29, 0.717) is 6.04 Å². The molecule has 0 spiro atoms. The van der Waals surface area contributed by atoms with Crippen molar-refractivity contribution in [3.05, 3.63) is 28.8 Å². The van der Waals surface area contributed by atoms with Crippen molar-refractivity contribution in [3.8, 4) is 5.75 Å². The second-order valence-corrected chi connectivity index (χ2v) is 6.64. The largest absolute Gasteiger partial charge is 0.487 e. The quantitative estimate of drug-likeness (QED) is 0.816. The number of hydrogen-bond donors (Lipinski definition) is 2. The Hall–Kier alpha value is -0.770. The van der Waals surface area contributed by atoms with Gasteiger partial charge in [0, 0.05) is 23.2 Å². The molecule has 0 aliphatic heterocycles. The maximum atomic E-state index is 10.2. The van der Waals surface area contributed by atoms with Gasteiger partial charge >= 0.3 is 0 Å². The molecule has 116 valence electrons. The fourth-order valence-electron chi connectivity index (χ4n) is 2.91. The van der Waals surface area contributed by atoms with Crippen molar-refractivity contribution in [3.63, 3.8) is 0 Å². The predicted molar refractivity (Wildman–Crippen MR) is 84.8 cm³/mol. The van der Waals surface area contributed by atoms with E-state index in [1.54, 1.807) is 0 Å². The Morgan fingerprint density at radius 3 is 2.76 bits per heavy atom. The number of hydrogen-bond acceptors (Lipinski definition) is 3. The molecule has 1 aromatic carbocycles. The lowest BCUT2D eigenvalue weighted by Gasteiger charge is -2.24. The smallest absolute Gasteiger partial charge is 0.125 e. The molecular formula is C17H24ClNO2. The molecule has 2 atom stereocenters. The van der Waals surface area contributed by atoms with Crippen molar-refractivity contribution in [2.24, 2.45) is 0 Å². The van der Waals surface area contributed by atoms with Crippen LogP contribution in [0, 0.1) is 0 Å². The third kappa shape index (κ3) is 4.12. The van der Waals surface area contributed by atoms with E-state index in [4.69, 9.17) is 16.3 Å². The number of benzene rings is 1. The van der Waals surface area contributed by atoms with Gasteiger partial charge in [-0.15, -0.1) is 0 Å². The number of rotatable bonds is 5. The summed E-state index contributed by atoms with van der Waals surface area (Å²) in [6.07, 6.45) is 7.18. The summed E-state index contributed by atoms with van der Waals surface area (Å²) < 4.78 is 6.14. The van der Waals surface area contributed by atoms with Crippen molar-refractivity contribution >= 4 is 11.6 Å². The van der Waals surface area contributed by atoms with Crippen LogP contribution in [0.5, 0.6) is 5.75 Å². The second-order valence-electron chi connectivity index (χ2n) is 6.23.